The van der Waals surface area contributed by atoms with Gasteiger partial charge in [0.05, 0.1) is 0 Å². The van der Waals surface area contributed by atoms with Crippen molar-refractivity contribution in [1.82, 2.24) is 5.32 Å². The van der Waals surface area contributed by atoms with E-state index in [1.807, 2.05) is 0 Å². The minimum absolute atomic E-state index is 0.353. The van der Waals surface area contributed by atoms with Crippen LogP contribution in [0.15, 0.2) is 24.3 Å². The molecule has 0 radical (unpaired) electrons. The van der Waals surface area contributed by atoms with Gasteiger partial charge in [-0.1, -0.05) is 37.6 Å². The molecule has 0 saturated heterocycles. The van der Waals surface area contributed by atoms with Gasteiger partial charge in [-0.3, -0.25) is 0 Å². The van der Waals surface area contributed by atoms with Gasteiger partial charge in [-0.25, -0.2) is 0 Å². The summed E-state index contributed by atoms with van der Waals surface area (Å²) in [6.45, 7) is 5.80. The van der Waals surface area contributed by atoms with Crippen LogP contribution >= 0.6 is 0 Å². The van der Waals surface area contributed by atoms with E-state index in [2.05, 4.69) is 43.4 Å². The molecule has 106 valence electrons. The Bertz CT molecular complexity index is 373. The largest absolute Gasteiger partial charge is 0.396 e. The first-order chi connectivity index (χ1) is 9.24. The predicted molar refractivity (Wildman–Crippen MR) is 80.2 cm³/mol. The number of hydrogen-bond donors (Lipinski definition) is 2. The number of aryl methyl sites for hydroxylation is 1. The Balaban J connectivity index is 1.84. The first kappa shape index (κ1) is 14.5. The normalized spacial score (nSPS) is 24.6. The fourth-order valence-electron chi connectivity index (χ4n) is 3.11. The van der Waals surface area contributed by atoms with Crippen LogP contribution in [0.25, 0.3) is 0 Å². The molecule has 0 aliphatic heterocycles. The van der Waals surface area contributed by atoms with Crippen LogP contribution in [0.1, 0.15) is 50.3 Å². The Morgan fingerprint density at radius 2 is 1.89 bits per heavy atom. The number of hydrogen-bond acceptors (Lipinski definition) is 2. The van der Waals surface area contributed by atoms with Crippen LogP contribution in [-0.4, -0.2) is 18.3 Å². The van der Waals surface area contributed by atoms with E-state index in [0.29, 0.717) is 24.5 Å². The minimum Gasteiger partial charge on any atom is -0.396 e. The lowest BCUT2D eigenvalue weighted by atomic mass is 9.96. The van der Waals surface area contributed by atoms with Gasteiger partial charge >= 0.3 is 0 Å². The zero-order chi connectivity index (χ0) is 13.7. The molecular formula is C17H27NO. The molecule has 2 nitrogen and oxygen atoms in total. The summed E-state index contributed by atoms with van der Waals surface area (Å²) in [7, 11) is 0. The van der Waals surface area contributed by atoms with Crippen LogP contribution in [0.5, 0.6) is 0 Å². The van der Waals surface area contributed by atoms with Gasteiger partial charge in [-0.05, 0) is 55.7 Å². The quantitative estimate of drug-likeness (QED) is 0.823. The molecule has 1 aromatic rings. The molecule has 0 heterocycles. The van der Waals surface area contributed by atoms with Crippen molar-refractivity contribution in [1.29, 1.82) is 0 Å². The summed E-state index contributed by atoms with van der Waals surface area (Å²) in [5.41, 5.74) is 2.75. The van der Waals surface area contributed by atoms with Crippen molar-refractivity contribution >= 4 is 0 Å². The lowest BCUT2D eigenvalue weighted by molar-refractivity contribution is 0.190. The Kier molecular flexibility index (Phi) is 5.41. The van der Waals surface area contributed by atoms with E-state index in [9.17, 15) is 5.11 Å². The van der Waals surface area contributed by atoms with Crippen molar-refractivity contribution in [2.75, 3.05) is 13.2 Å². The van der Waals surface area contributed by atoms with Gasteiger partial charge in [0, 0.05) is 12.6 Å². The van der Waals surface area contributed by atoms with Gasteiger partial charge < -0.3 is 10.4 Å². The van der Waals surface area contributed by atoms with Crippen LogP contribution in [-0.2, 0) is 6.42 Å². The third-order valence-electron chi connectivity index (χ3n) is 4.63. The molecule has 0 aromatic heterocycles. The third-order valence-corrected chi connectivity index (χ3v) is 4.63. The number of aliphatic hydroxyl groups is 1. The first-order valence-electron chi connectivity index (χ1n) is 7.67. The second-order valence-electron chi connectivity index (χ2n) is 5.86. The Hall–Kier alpha value is -0.860. The monoisotopic (exact) mass is 261 g/mol. The average Bonchev–Trinajstić information content (AvgIpc) is 2.92. The summed E-state index contributed by atoms with van der Waals surface area (Å²) in [6, 6.07) is 9.30. The molecule has 1 aliphatic rings. The lowest BCUT2D eigenvalue weighted by Gasteiger charge is -2.21. The fourth-order valence-corrected chi connectivity index (χ4v) is 3.11. The molecule has 2 rings (SSSR count). The summed E-state index contributed by atoms with van der Waals surface area (Å²) in [5.74, 6) is 1.17. The second-order valence-corrected chi connectivity index (χ2v) is 5.86. The number of benzene rings is 1. The third kappa shape index (κ3) is 3.80. The average molecular weight is 261 g/mol. The molecule has 2 N–H and O–H groups in total. The van der Waals surface area contributed by atoms with Crippen LogP contribution < -0.4 is 5.32 Å². The molecule has 1 aliphatic carbocycles. The van der Waals surface area contributed by atoms with E-state index in [1.165, 1.54) is 30.4 Å². The Morgan fingerprint density at radius 1 is 1.21 bits per heavy atom. The van der Waals surface area contributed by atoms with Gasteiger partial charge in [0.1, 0.15) is 0 Å². The molecule has 1 fully saturated rings. The van der Waals surface area contributed by atoms with Crippen molar-refractivity contribution in [2.45, 2.75) is 45.6 Å². The zero-order valence-corrected chi connectivity index (χ0v) is 12.2. The second kappa shape index (κ2) is 7.06. The molecule has 0 bridgehead atoms. The summed E-state index contributed by atoms with van der Waals surface area (Å²) in [6.07, 6.45) is 4.83. The molecule has 1 aromatic carbocycles. The van der Waals surface area contributed by atoms with Crippen molar-refractivity contribution in [3.8, 4) is 0 Å². The van der Waals surface area contributed by atoms with E-state index in [0.717, 1.165) is 13.0 Å². The standard InChI is InChI=1S/C17H27NO/c1-3-14-7-9-15(10-8-14)13(2)18-11-16-5-4-6-17(16)12-19/h7-10,13,16-19H,3-6,11-12H2,1-2H3. The summed E-state index contributed by atoms with van der Waals surface area (Å²) < 4.78 is 0. The van der Waals surface area contributed by atoms with E-state index in [-0.39, 0.29) is 0 Å². The van der Waals surface area contributed by atoms with Crippen molar-refractivity contribution < 1.29 is 5.11 Å². The van der Waals surface area contributed by atoms with E-state index < -0.39 is 0 Å². The van der Waals surface area contributed by atoms with Crippen LogP contribution in [0.3, 0.4) is 0 Å². The molecular weight excluding hydrogens is 234 g/mol. The topological polar surface area (TPSA) is 32.3 Å². The maximum Gasteiger partial charge on any atom is 0.0462 e. The molecule has 3 atom stereocenters. The van der Waals surface area contributed by atoms with Crippen molar-refractivity contribution in [3.05, 3.63) is 35.4 Å². The Labute approximate surface area is 117 Å². The number of aliphatic hydroxyl groups excluding tert-OH is 1. The lowest BCUT2D eigenvalue weighted by Crippen LogP contribution is -2.28. The highest BCUT2D eigenvalue weighted by atomic mass is 16.3. The van der Waals surface area contributed by atoms with Gasteiger partial charge in [0.15, 0.2) is 0 Å². The first-order valence-corrected chi connectivity index (χ1v) is 7.67. The van der Waals surface area contributed by atoms with Crippen LogP contribution in [0.2, 0.25) is 0 Å². The summed E-state index contributed by atoms with van der Waals surface area (Å²) >= 11 is 0. The van der Waals surface area contributed by atoms with Gasteiger partial charge in [-0.2, -0.15) is 0 Å². The smallest absolute Gasteiger partial charge is 0.0462 e. The highest BCUT2D eigenvalue weighted by Crippen LogP contribution is 2.31. The van der Waals surface area contributed by atoms with Gasteiger partial charge in [0.2, 0.25) is 0 Å². The highest BCUT2D eigenvalue weighted by Gasteiger charge is 2.26. The van der Waals surface area contributed by atoms with E-state index in [1.54, 1.807) is 0 Å². The summed E-state index contributed by atoms with van der Waals surface area (Å²) in [5, 5.41) is 13.0. The zero-order valence-electron chi connectivity index (χ0n) is 12.2. The van der Waals surface area contributed by atoms with E-state index in [4.69, 9.17) is 0 Å². The maximum atomic E-state index is 9.35. The predicted octanol–water partition coefficient (Wildman–Crippen LogP) is 3.31. The SMILES string of the molecule is CCc1ccc(C(C)NCC2CCCC2CO)cc1. The van der Waals surface area contributed by atoms with E-state index >= 15 is 0 Å². The fraction of sp³-hybridized carbons (Fsp3) is 0.647. The maximum absolute atomic E-state index is 9.35. The number of nitrogens with one attached hydrogen (secondary N) is 1. The Morgan fingerprint density at radius 3 is 2.53 bits per heavy atom. The van der Waals surface area contributed by atoms with Crippen LogP contribution in [0.4, 0.5) is 0 Å². The highest BCUT2D eigenvalue weighted by molar-refractivity contribution is 5.24. The molecule has 0 amide bonds. The number of rotatable bonds is 6. The molecule has 1 saturated carbocycles. The molecule has 19 heavy (non-hydrogen) atoms. The van der Waals surface area contributed by atoms with Crippen molar-refractivity contribution in [2.24, 2.45) is 11.8 Å². The molecule has 0 spiro atoms. The van der Waals surface area contributed by atoms with Crippen molar-refractivity contribution in [3.63, 3.8) is 0 Å². The van der Waals surface area contributed by atoms with Crippen LogP contribution in [0, 0.1) is 11.8 Å². The molecule has 3 unspecified atom stereocenters. The van der Waals surface area contributed by atoms with Gasteiger partial charge in [-0.15, -0.1) is 0 Å². The minimum atomic E-state index is 0.353. The summed E-state index contributed by atoms with van der Waals surface area (Å²) in [4.78, 5) is 0. The molecule has 2 heteroatoms. The van der Waals surface area contributed by atoms with Gasteiger partial charge in [0.25, 0.3) is 0 Å².